The zero-order valence-corrected chi connectivity index (χ0v) is 10.8. The minimum absolute atomic E-state index is 0.117. The second-order valence-electron chi connectivity index (χ2n) is 6.05. The number of carbonyl (C=O) groups is 1. The maximum atomic E-state index is 10.7. The number of carboxylic acid groups (broad SMARTS) is 1. The van der Waals surface area contributed by atoms with Crippen LogP contribution in [0.4, 0.5) is 0 Å². The largest absolute Gasteiger partial charge is 0.481 e. The van der Waals surface area contributed by atoms with Crippen molar-refractivity contribution in [3.8, 4) is 0 Å². The van der Waals surface area contributed by atoms with Gasteiger partial charge in [-0.3, -0.25) is 4.79 Å². The van der Waals surface area contributed by atoms with E-state index in [-0.39, 0.29) is 6.42 Å². The van der Waals surface area contributed by atoms with Crippen molar-refractivity contribution in [2.75, 3.05) is 0 Å². The Bertz CT molecular complexity index is 253. The Morgan fingerprint density at radius 2 is 1.94 bits per heavy atom. The topological polar surface area (TPSA) is 63.3 Å². The molecule has 1 aliphatic carbocycles. The van der Waals surface area contributed by atoms with Gasteiger partial charge >= 0.3 is 5.97 Å². The maximum absolute atomic E-state index is 10.7. The summed E-state index contributed by atoms with van der Waals surface area (Å²) in [6, 6.07) is 0. The molecule has 3 N–H and O–H groups in total. The first-order valence-electron chi connectivity index (χ1n) is 6.30. The molecule has 3 heteroatoms. The Labute approximate surface area is 98.4 Å². The summed E-state index contributed by atoms with van der Waals surface area (Å²) in [6.45, 7) is 6.83. The van der Waals surface area contributed by atoms with E-state index in [9.17, 15) is 4.79 Å². The van der Waals surface area contributed by atoms with Gasteiger partial charge in [0.25, 0.3) is 0 Å². The van der Waals surface area contributed by atoms with Crippen LogP contribution in [0.3, 0.4) is 0 Å². The van der Waals surface area contributed by atoms with E-state index in [4.69, 9.17) is 10.8 Å². The van der Waals surface area contributed by atoms with Crippen molar-refractivity contribution in [1.29, 1.82) is 0 Å². The predicted molar refractivity (Wildman–Crippen MR) is 65.2 cm³/mol. The van der Waals surface area contributed by atoms with E-state index in [1.807, 2.05) is 0 Å². The molecule has 0 saturated heterocycles. The van der Waals surface area contributed by atoms with Gasteiger partial charge in [-0.05, 0) is 37.0 Å². The number of nitrogens with two attached hydrogens (primary N) is 1. The molecular weight excluding hydrogens is 202 g/mol. The monoisotopic (exact) mass is 227 g/mol. The van der Waals surface area contributed by atoms with Crippen LogP contribution in [0, 0.1) is 11.3 Å². The van der Waals surface area contributed by atoms with Crippen LogP contribution in [0.1, 0.15) is 59.3 Å². The van der Waals surface area contributed by atoms with Gasteiger partial charge < -0.3 is 10.8 Å². The quantitative estimate of drug-likeness (QED) is 0.776. The van der Waals surface area contributed by atoms with Crippen LogP contribution in [-0.2, 0) is 4.79 Å². The summed E-state index contributed by atoms with van der Waals surface area (Å²) in [5, 5.41) is 8.82. The summed E-state index contributed by atoms with van der Waals surface area (Å²) in [6.07, 6.45) is 5.15. The molecule has 0 heterocycles. The van der Waals surface area contributed by atoms with Crippen LogP contribution in [0.5, 0.6) is 0 Å². The van der Waals surface area contributed by atoms with Crippen LogP contribution < -0.4 is 5.73 Å². The minimum Gasteiger partial charge on any atom is -0.481 e. The fraction of sp³-hybridized carbons (Fsp3) is 0.923. The molecule has 16 heavy (non-hydrogen) atoms. The highest BCUT2D eigenvalue weighted by atomic mass is 16.4. The highest BCUT2D eigenvalue weighted by Gasteiger charge is 2.38. The molecule has 0 atom stereocenters. The Balaban J connectivity index is 2.54. The first-order valence-corrected chi connectivity index (χ1v) is 6.30. The average molecular weight is 227 g/mol. The Morgan fingerprint density at radius 1 is 1.44 bits per heavy atom. The molecule has 3 nitrogen and oxygen atoms in total. The molecular formula is C13H25NO2. The van der Waals surface area contributed by atoms with E-state index in [2.05, 4.69) is 20.8 Å². The van der Waals surface area contributed by atoms with Crippen LogP contribution >= 0.6 is 0 Å². The number of rotatable bonds is 4. The molecule has 0 aromatic heterocycles. The summed E-state index contributed by atoms with van der Waals surface area (Å²) in [7, 11) is 0. The van der Waals surface area contributed by atoms with Gasteiger partial charge in [0, 0.05) is 5.54 Å². The van der Waals surface area contributed by atoms with Gasteiger partial charge in [0.05, 0.1) is 6.42 Å². The molecule has 94 valence electrons. The third-order valence-corrected chi connectivity index (χ3v) is 4.50. The fourth-order valence-corrected chi connectivity index (χ4v) is 2.74. The maximum Gasteiger partial charge on any atom is 0.305 e. The van der Waals surface area contributed by atoms with E-state index in [1.165, 1.54) is 6.42 Å². The van der Waals surface area contributed by atoms with Crippen LogP contribution in [-0.4, -0.2) is 16.6 Å². The second kappa shape index (κ2) is 4.74. The first-order chi connectivity index (χ1) is 7.29. The lowest BCUT2D eigenvalue weighted by atomic mass is 9.65. The van der Waals surface area contributed by atoms with Gasteiger partial charge in [0.1, 0.15) is 0 Å². The van der Waals surface area contributed by atoms with Crippen molar-refractivity contribution < 1.29 is 9.90 Å². The molecule has 0 aliphatic heterocycles. The molecule has 1 rings (SSSR count). The number of carboxylic acids is 1. The second-order valence-corrected chi connectivity index (χ2v) is 6.05. The predicted octanol–water partition coefficient (Wildman–Crippen LogP) is 2.79. The van der Waals surface area contributed by atoms with E-state index >= 15 is 0 Å². The highest BCUT2D eigenvalue weighted by molar-refractivity contribution is 5.68. The van der Waals surface area contributed by atoms with Crippen molar-refractivity contribution in [3.05, 3.63) is 0 Å². The summed E-state index contributed by atoms with van der Waals surface area (Å²) in [5.41, 5.74) is 6.04. The molecule has 0 amide bonds. The fourth-order valence-electron chi connectivity index (χ4n) is 2.74. The summed E-state index contributed by atoms with van der Waals surface area (Å²) >= 11 is 0. The summed E-state index contributed by atoms with van der Waals surface area (Å²) in [4.78, 5) is 10.7. The lowest BCUT2D eigenvalue weighted by Gasteiger charge is -2.42. The minimum atomic E-state index is -0.768. The molecule has 1 aliphatic rings. The van der Waals surface area contributed by atoms with Gasteiger partial charge in [0.15, 0.2) is 0 Å². The van der Waals surface area contributed by atoms with E-state index in [0.29, 0.717) is 11.3 Å². The molecule has 0 spiro atoms. The van der Waals surface area contributed by atoms with Crippen LogP contribution in [0.15, 0.2) is 0 Å². The lowest BCUT2D eigenvalue weighted by Crippen LogP contribution is -2.46. The number of hydrogen-bond donors (Lipinski definition) is 2. The van der Waals surface area contributed by atoms with Crippen LogP contribution in [0.25, 0.3) is 0 Å². The molecule has 0 aromatic carbocycles. The van der Waals surface area contributed by atoms with Crippen LogP contribution in [0.2, 0.25) is 0 Å². The molecule has 0 unspecified atom stereocenters. The summed E-state index contributed by atoms with van der Waals surface area (Å²) < 4.78 is 0. The van der Waals surface area contributed by atoms with Gasteiger partial charge in [-0.15, -0.1) is 0 Å². The third kappa shape index (κ3) is 3.21. The van der Waals surface area contributed by atoms with E-state index in [0.717, 1.165) is 25.7 Å². The Kier molecular flexibility index (Phi) is 4.00. The third-order valence-electron chi connectivity index (χ3n) is 4.50. The smallest absolute Gasteiger partial charge is 0.305 e. The van der Waals surface area contributed by atoms with E-state index in [1.54, 1.807) is 0 Å². The SMILES string of the molecule is CCC(C)(C)C1CCC(N)(CC(=O)O)CC1. The van der Waals surface area contributed by atoms with Crippen molar-refractivity contribution in [3.63, 3.8) is 0 Å². The average Bonchev–Trinajstić information content (AvgIpc) is 2.16. The van der Waals surface area contributed by atoms with Gasteiger partial charge in [0.2, 0.25) is 0 Å². The Hall–Kier alpha value is -0.570. The van der Waals surface area contributed by atoms with Gasteiger partial charge in [-0.2, -0.15) is 0 Å². The normalized spacial score (nSPS) is 31.4. The van der Waals surface area contributed by atoms with Crippen molar-refractivity contribution >= 4 is 5.97 Å². The van der Waals surface area contributed by atoms with Gasteiger partial charge in [-0.1, -0.05) is 27.2 Å². The lowest BCUT2D eigenvalue weighted by molar-refractivity contribution is -0.138. The molecule has 0 aromatic rings. The first kappa shape index (κ1) is 13.5. The highest BCUT2D eigenvalue weighted by Crippen LogP contribution is 2.43. The summed E-state index contributed by atoms with van der Waals surface area (Å²) in [5.74, 6) is -0.0707. The van der Waals surface area contributed by atoms with Crippen molar-refractivity contribution in [2.24, 2.45) is 17.1 Å². The van der Waals surface area contributed by atoms with E-state index < -0.39 is 11.5 Å². The zero-order chi connectivity index (χ0) is 12.4. The number of hydrogen-bond acceptors (Lipinski definition) is 2. The zero-order valence-electron chi connectivity index (χ0n) is 10.8. The van der Waals surface area contributed by atoms with Gasteiger partial charge in [-0.25, -0.2) is 0 Å². The Morgan fingerprint density at radius 3 is 2.31 bits per heavy atom. The molecule has 1 saturated carbocycles. The molecule has 0 radical (unpaired) electrons. The van der Waals surface area contributed by atoms with Crippen molar-refractivity contribution in [2.45, 2.75) is 64.8 Å². The van der Waals surface area contributed by atoms with Crippen molar-refractivity contribution in [1.82, 2.24) is 0 Å². The number of aliphatic carboxylic acids is 1. The molecule has 1 fully saturated rings. The standard InChI is InChI=1S/C13H25NO2/c1-4-12(2,3)10-5-7-13(14,8-6-10)9-11(15)16/h10H,4-9,14H2,1-3H3,(H,15,16). The molecule has 0 bridgehead atoms.